The van der Waals surface area contributed by atoms with E-state index in [-0.39, 0.29) is 5.91 Å². The van der Waals surface area contributed by atoms with Gasteiger partial charge in [0.15, 0.2) is 11.5 Å². The topological polar surface area (TPSA) is 38.8 Å². The Morgan fingerprint density at radius 3 is 2.68 bits per heavy atom. The molecule has 0 N–H and O–H groups in total. The second-order valence-corrected chi connectivity index (χ2v) is 6.22. The summed E-state index contributed by atoms with van der Waals surface area (Å²) in [5, 5.41) is -0.581. The summed E-state index contributed by atoms with van der Waals surface area (Å²) in [4.78, 5) is 14.1. The number of methoxy groups -OCH3 is 2. The molecule has 0 radical (unpaired) electrons. The lowest BCUT2D eigenvalue weighted by atomic mass is 9.70. The fourth-order valence-corrected chi connectivity index (χ4v) is 4.17. The number of halogens is 1. The van der Waals surface area contributed by atoms with Crippen molar-refractivity contribution in [1.29, 1.82) is 0 Å². The van der Waals surface area contributed by atoms with E-state index in [1.54, 1.807) is 26.2 Å². The summed E-state index contributed by atoms with van der Waals surface area (Å²) in [6.45, 7) is 0. The minimum absolute atomic E-state index is 0.0374. The number of hydrogen-bond donors (Lipinski definition) is 0. The smallest absolute Gasteiger partial charge is 0.245 e. The molecule has 3 rings (SSSR count). The first-order valence-corrected chi connectivity index (χ1v) is 7.84. The number of carbonyl (C=O) groups is 1. The molecule has 4 nitrogen and oxygen atoms in total. The van der Waals surface area contributed by atoms with E-state index in [1.165, 1.54) is 0 Å². The highest BCUT2D eigenvalue weighted by Gasteiger charge is 2.55. The average Bonchev–Trinajstić information content (AvgIpc) is 2.77. The highest BCUT2D eigenvalue weighted by atomic mass is 35.5. The van der Waals surface area contributed by atoms with Gasteiger partial charge < -0.3 is 14.4 Å². The first kappa shape index (κ1) is 15.2. The number of hydrogen-bond acceptors (Lipinski definition) is 3. The predicted molar refractivity (Wildman–Crippen MR) is 85.6 cm³/mol. The van der Waals surface area contributed by atoms with Crippen molar-refractivity contribution in [1.82, 2.24) is 4.90 Å². The number of rotatable bonds is 3. The van der Waals surface area contributed by atoms with Crippen LogP contribution in [0.2, 0.25) is 0 Å². The Morgan fingerprint density at radius 2 is 2.00 bits per heavy atom. The van der Waals surface area contributed by atoms with E-state index in [0.29, 0.717) is 11.5 Å². The lowest BCUT2D eigenvalue weighted by molar-refractivity contribution is -0.125. The molecular formula is C17H20ClNO3. The van der Waals surface area contributed by atoms with E-state index in [9.17, 15) is 4.79 Å². The standard InChI is InChI=1S/C17H20ClNO3/c1-19-14-6-4-5-9-17(14,15(18)16(19)20)11-7-8-12(21-2)13(10-11)22-3/h6-8,10,15H,4-5,9H2,1-3H3. The number of nitrogens with zero attached hydrogens (tertiary/aromatic N) is 1. The van der Waals surface area contributed by atoms with Crippen LogP contribution >= 0.6 is 11.6 Å². The van der Waals surface area contributed by atoms with Crippen molar-refractivity contribution in [3.8, 4) is 11.5 Å². The second-order valence-electron chi connectivity index (χ2n) is 5.78. The summed E-state index contributed by atoms with van der Waals surface area (Å²) >= 11 is 6.59. The van der Waals surface area contributed by atoms with Gasteiger partial charge in [-0.25, -0.2) is 0 Å². The summed E-state index contributed by atoms with van der Waals surface area (Å²) in [5.74, 6) is 1.29. The van der Waals surface area contributed by atoms with Crippen molar-refractivity contribution in [3.05, 3.63) is 35.5 Å². The third-order valence-electron chi connectivity index (χ3n) is 4.81. The molecule has 5 heteroatoms. The van der Waals surface area contributed by atoms with Crippen LogP contribution in [0, 0.1) is 0 Å². The molecule has 0 saturated carbocycles. The Hall–Kier alpha value is -1.68. The zero-order valence-corrected chi connectivity index (χ0v) is 13.8. The molecule has 1 fully saturated rings. The van der Waals surface area contributed by atoms with Gasteiger partial charge >= 0.3 is 0 Å². The van der Waals surface area contributed by atoms with Crippen molar-refractivity contribution >= 4 is 17.5 Å². The molecule has 0 bridgehead atoms. The maximum Gasteiger partial charge on any atom is 0.245 e. The Morgan fingerprint density at radius 1 is 1.27 bits per heavy atom. The Kier molecular flexibility index (Phi) is 3.81. The molecule has 2 unspecified atom stereocenters. The number of ether oxygens (including phenoxy) is 2. The number of likely N-dealkylation sites (tertiary alicyclic amines) is 1. The lowest BCUT2D eigenvalue weighted by Gasteiger charge is -2.36. The predicted octanol–water partition coefficient (Wildman–Crippen LogP) is 3.09. The molecule has 0 aromatic heterocycles. The third-order valence-corrected chi connectivity index (χ3v) is 5.37. The molecule has 1 heterocycles. The minimum atomic E-state index is -0.581. The molecule has 2 aliphatic rings. The van der Waals surface area contributed by atoms with E-state index < -0.39 is 10.8 Å². The number of benzene rings is 1. The summed E-state index contributed by atoms with van der Waals surface area (Å²) in [7, 11) is 5.03. The lowest BCUT2D eigenvalue weighted by Crippen LogP contribution is -2.37. The van der Waals surface area contributed by atoms with Crippen molar-refractivity contribution in [3.63, 3.8) is 0 Å². The monoisotopic (exact) mass is 321 g/mol. The van der Waals surface area contributed by atoms with E-state index in [0.717, 1.165) is 30.5 Å². The molecule has 0 spiro atoms. The second kappa shape index (κ2) is 5.51. The fraction of sp³-hybridized carbons (Fsp3) is 0.471. The quantitative estimate of drug-likeness (QED) is 0.803. The number of likely N-dealkylation sites (N-methyl/N-ethyl adjacent to an activating group) is 1. The summed E-state index contributed by atoms with van der Waals surface area (Å²) in [6.07, 6.45) is 4.99. The SMILES string of the molecule is COc1ccc(C23CCCC=C2N(C)C(=O)C3Cl)cc1OC. The van der Waals surface area contributed by atoms with E-state index in [4.69, 9.17) is 21.1 Å². The maximum atomic E-state index is 12.4. The van der Waals surface area contributed by atoms with Crippen LogP contribution in [0.5, 0.6) is 11.5 Å². The minimum Gasteiger partial charge on any atom is -0.493 e. The molecule has 118 valence electrons. The normalized spacial score (nSPS) is 27.5. The van der Waals surface area contributed by atoms with Gasteiger partial charge in [-0.15, -0.1) is 11.6 Å². The molecule has 1 amide bonds. The van der Waals surface area contributed by atoms with Gasteiger partial charge in [0.05, 0.1) is 19.6 Å². The van der Waals surface area contributed by atoms with Crippen LogP contribution in [0.3, 0.4) is 0 Å². The highest BCUT2D eigenvalue weighted by Crippen LogP contribution is 2.52. The molecule has 1 aromatic carbocycles. The average molecular weight is 322 g/mol. The molecular weight excluding hydrogens is 302 g/mol. The van der Waals surface area contributed by atoms with E-state index in [2.05, 4.69) is 6.08 Å². The van der Waals surface area contributed by atoms with E-state index in [1.807, 2.05) is 18.2 Å². The Labute approximate surface area is 135 Å². The zero-order chi connectivity index (χ0) is 15.9. The summed E-state index contributed by atoms with van der Waals surface area (Å²) < 4.78 is 10.7. The van der Waals surface area contributed by atoms with Crippen LogP contribution in [-0.2, 0) is 10.2 Å². The van der Waals surface area contributed by atoms with Crippen LogP contribution in [0.15, 0.2) is 30.0 Å². The van der Waals surface area contributed by atoms with Crippen LogP contribution < -0.4 is 9.47 Å². The largest absolute Gasteiger partial charge is 0.493 e. The fourth-order valence-electron chi connectivity index (χ4n) is 3.67. The van der Waals surface area contributed by atoms with Crippen LogP contribution in [0.25, 0.3) is 0 Å². The number of amides is 1. The Bertz CT molecular complexity index is 643. The summed E-state index contributed by atoms with van der Waals surface area (Å²) in [6, 6.07) is 5.81. The molecule has 2 atom stereocenters. The molecule has 22 heavy (non-hydrogen) atoms. The van der Waals surface area contributed by atoms with Gasteiger partial charge in [-0.3, -0.25) is 4.79 Å². The zero-order valence-electron chi connectivity index (χ0n) is 13.1. The molecule has 1 aliphatic carbocycles. The van der Waals surface area contributed by atoms with Crippen LogP contribution in [0.4, 0.5) is 0 Å². The highest BCUT2D eigenvalue weighted by molar-refractivity contribution is 6.33. The number of alkyl halides is 1. The molecule has 1 aromatic rings. The van der Waals surface area contributed by atoms with Crippen molar-refractivity contribution in [2.45, 2.75) is 30.1 Å². The van der Waals surface area contributed by atoms with Gasteiger partial charge in [0, 0.05) is 12.7 Å². The van der Waals surface area contributed by atoms with E-state index >= 15 is 0 Å². The number of carbonyl (C=O) groups excluding carboxylic acids is 1. The van der Waals surface area contributed by atoms with Crippen molar-refractivity contribution in [2.24, 2.45) is 0 Å². The van der Waals surface area contributed by atoms with Crippen LogP contribution in [0.1, 0.15) is 24.8 Å². The van der Waals surface area contributed by atoms with Gasteiger partial charge in [-0.05, 0) is 37.0 Å². The van der Waals surface area contributed by atoms with Gasteiger partial charge in [0.1, 0.15) is 5.38 Å². The number of allylic oxidation sites excluding steroid dienone is 2. The number of fused-ring (bicyclic) bond motifs is 1. The van der Waals surface area contributed by atoms with Gasteiger partial charge in [-0.1, -0.05) is 12.1 Å². The molecule has 1 saturated heterocycles. The van der Waals surface area contributed by atoms with Gasteiger partial charge in [0.2, 0.25) is 5.91 Å². The molecule has 1 aliphatic heterocycles. The van der Waals surface area contributed by atoms with Crippen LogP contribution in [-0.4, -0.2) is 37.5 Å². The van der Waals surface area contributed by atoms with Gasteiger partial charge in [0.25, 0.3) is 0 Å². The summed E-state index contributed by atoms with van der Waals surface area (Å²) in [5.41, 5.74) is 1.55. The maximum absolute atomic E-state index is 12.4. The Balaban J connectivity index is 2.17. The third kappa shape index (κ3) is 1.93. The van der Waals surface area contributed by atoms with Gasteiger partial charge in [-0.2, -0.15) is 0 Å². The first-order chi connectivity index (χ1) is 10.6. The van der Waals surface area contributed by atoms with Crippen molar-refractivity contribution in [2.75, 3.05) is 21.3 Å². The van der Waals surface area contributed by atoms with Crippen molar-refractivity contribution < 1.29 is 14.3 Å². The first-order valence-electron chi connectivity index (χ1n) is 7.41.